The molecule has 0 aromatic heterocycles. The summed E-state index contributed by atoms with van der Waals surface area (Å²) in [5.41, 5.74) is 0. The van der Waals surface area contributed by atoms with Crippen molar-refractivity contribution in [1.82, 2.24) is 0 Å². The Balaban J connectivity index is 2.83. The Labute approximate surface area is 71.6 Å². The highest BCUT2D eigenvalue weighted by atomic mass is 79.9. The molecule has 0 heterocycles. The largest absolute Gasteiger partial charge is 0.505 e. The van der Waals surface area contributed by atoms with Crippen LogP contribution in [0.25, 0.3) is 0 Å². The van der Waals surface area contributed by atoms with E-state index in [9.17, 15) is 0 Å². The van der Waals surface area contributed by atoms with Crippen LogP contribution in [0.3, 0.4) is 0 Å². The van der Waals surface area contributed by atoms with Gasteiger partial charge in [-0.15, -0.1) is 0 Å². The summed E-state index contributed by atoms with van der Waals surface area (Å²) in [4.78, 5) is 0. The van der Waals surface area contributed by atoms with Gasteiger partial charge in [0.1, 0.15) is 0 Å². The smallest absolute Gasteiger partial charge is 0.0784 e. The molecule has 0 aliphatic rings. The highest BCUT2D eigenvalue weighted by Gasteiger charge is 1.83. The first-order valence-corrected chi connectivity index (χ1v) is 4.77. The number of alkyl halides is 1. The average Bonchev–Trinajstić information content (AvgIpc) is 1.97. The van der Waals surface area contributed by atoms with Gasteiger partial charge in [0.05, 0.1) is 13.4 Å². The highest BCUT2D eigenvalue weighted by molar-refractivity contribution is 9.09. The summed E-state index contributed by atoms with van der Waals surface area (Å²) in [5, 5.41) is 1.13. The second-order valence-electron chi connectivity index (χ2n) is 2.15. The molecule has 0 bridgehead atoms. The Hall–Kier alpha value is 0.0200. The van der Waals surface area contributed by atoms with Gasteiger partial charge in [0.15, 0.2) is 0 Å². The molecule has 0 saturated heterocycles. The minimum atomic E-state index is 1.13. The SMILES string of the molecule is COC=CCCCCCBr. The van der Waals surface area contributed by atoms with Crippen LogP contribution in [-0.4, -0.2) is 12.4 Å². The highest BCUT2D eigenvalue weighted by Crippen LogP contribution is 2.02. The van der Waals surface area contributed by atoms with E-state index < -0.39 is 0 Å². The van der Waals surface area contributed by atoms with Crippen molar-refractivity contribution in [1.29, 1.82) is 0 Å². The summed E-state index contributed by atoms with van der Waals surface area (Å²) >= 11 is 3.39. The molecular formula is C8H15BrO. The van der Waals surface area contributed by atoms with E-state index in [1.165, 1.54) is 19.3 Å². The minimum absolute atomic E-state index is 1.13. The normalized spacial score (nSPS) is 10.6. The Morgan fingerprint density at radius 2 is 2.10 bits per heavy atom. The fraction of sp³-hybridized carbons (Fsp3) is 0.750. The minimum Gasteiger partial charge on any atom is -0.505 e. The third kappa shape index (κ3) is 8.02. The third-order valence-corrected chi connectivity index (χ3v) is 1.80. The zero-order valence-electron chi connectivity index (χ0n) is 6.48. The fourth-order valence-corrected chi connectivity index (χ4v) is 1.09. The lowest BCUT2D eigenvalue weighted by molar-refractivity contribution is 0.336. The average molecular weight is 207 g/mol. The molecule has 0 unspecified atom stereocenters. The summed E-state index contributed by atoms with van der Waals surface area (Å²) in [6.45, 7) is 0. The van der Waals surface area contributed by atoms with Crippen molar-refractivity contribution in [2.45, 2.75) is 25.7 Å². The van der Waals surface area contributed by atoms with Crippen LogP contribution in [0.4, 0.5) is 0 Å². The monoisotopic (exact) mass is 206 g/mol. The first kappa shape index (κ1) is 10.0. The Bertz CT molecular complexity index is 81.3. The Morgan fingerprint density at radius 1 is 1.30 bits per heavy atom. The summed E-state index contributed by atoms with van der Waals surface area (Å²) < 4.78 is 4.76. The topological polar surface area (TPSA) is 9.23 Å². The van der Waals surface area contributed by atoms with E-state index in [2.05, 4.69) is 22.0 Å². The third-order valence-electron chi connectivity index (χ3n) is 1.24. The van der Waals surface area contributed by atoms with Gasteiger partial charge < -0.3 is 4.74 Å². The molecule has 0 aliphatic heterocycles. The van der Waals surface area contributed by atoms with Crippen molar-refractivity contribution >= 4 is 15.9 Å². The van der Waals surface area contributed by atoms with Crippen LogP contribution >= 0.6 is 15.9 Å². The molecule has 0 radical (unpaired) electrons. The number of allylic oxidation sites excluding steroid dienone is 1. The van der Waals surface area contributed by atoms with Gasteiger partial charge in [-0.2, -0.15) is 0 Å². The number of rotatable bonds is 6. The van der Waals surface area contributed by atoms with Gasteiger partial charge in [-0.1, -0.05) is 22.4 Å². The van der Waals surface area contributed by atoms with Crippen molar-refractivity contribution in [3.8, 4) is 0 Å². The van der Waals surface area contributed by atoms with Crippen LogP contribution < -0.4 is 0 Å². The molecule has 0 saturated carbocycles. The van der Waals surface area contributed by atoms with E-state index in [1.54, 1.807) is 13.4 Å². The predicted octanol–water partition coefficient (Wildman–Crippen LogP) is 3.10. The van der Waals surface area contributed by atoms with E-state index in [4.69, 9.17) is 4.74 Å². The van der Waals surface area contributed by atoms with E-state index in [-0.39, 0.29) is 0 Å². The molecule has 0 atom stereocenters. The molecule has 2 heteroatoms. The zero-order chi connectivity index (χ0) is 7.66. The van der Waals surface area contributed by atoms with Crippen LogP contribution in [-0.2, 0) is 4.74 Å². The molecule has 0 fully saturated rings. The van der Waals surface area contributed by atoms with Crippen molar-refractivity contribution in [3.63, 3.8) is 0 Å². The van der Waals surface area contributed by atoms with Gasteiger partial charge in [-0.3, -0.25) is 0 Å². The molecule has 0 aliphatic carbocycles. The molecule has 0 N–H and O–H groups in total. The second kappa shape index (κ2) is 9.02. The van der Waals surface area contributed by atoms with Gasteiger partial charge in [-0.25, -0.2) is 0 Å². The van der Waals surface area contributed by atoms with Crippen LogP contribution in [0.1, 0.15) is 25.7 Å². The van der Waals surface area contributed by atoms with Crippen molar-refractivity contribution in [2.75, 3.05) is 12.4 Å². The number of methoxy groups -OCH3 is 1. The predicted molar refractivity (Wildman–Crippen MR) is 48.4 cm³/mol. The summed E-state index contributed by atoms with van der Waals surface area (Å²) in [6.07, 6.45) is 8.80. The quantitative estimate of drug-likeness (QED) is 0.369. The van der Waals surface area contributed by atoms with Crippen LogP contribution in [0.2, 0.25) is 0 Å². The first-order valence-electron chi connectivity index (χ1n) is 3.65. The number of halogens is 1. The Kier molecular flexibility index (Phi) is 9.04. The molecule has 10 heavy (non-hydrogen) atoms. The van der Waals surface area contributed by atoms with Gasteiger partial charge >= 0.3 is 0 Å². The van der Waals surface area contributed by atoms with E-state index >= 15 is 0 Å². The van der Waals surface area contributed by atoms with Crippen LogP contribution in [0, 0.1) is 0 Å². The van der Waals surface area contributed by atoms with Crippen LogP contribution in [0.5, 0.6) is 0 Å². The lowest BCUT2D eigenvalue weighted by Gasteiger charge is -1.92. The van der Waals surface area contributed by atoms with Crippen LogP contribution in [0.15, 0.2) is 12.3 Å². The van der Waals surface area contributed by atoms with Gasteiger partial charge in [-0.05, 0) is 25.3 Å². The number of unbranched alkanes of at least 4 members (excludes halogenated alkanes) is 3. The fourth-order valence-electron chi connectivity index (χ4n) is 0.698. The molecule has 0 aromatic carbocycles. The first-order chi connectivity index (χ1) is 4.91. The zero-order valence-corrected chi connectivity index (χ0v) is 8.06. The molecule has 60 valence electrons. The molecule has 1 nitrogen and oxygen atoms in total. The van der Waals surface area contributed by atoms with Gasteiger partial charge in [0.2, 0.25) is 0 Å². The standard InChI is InChI=1S/C8H15BrO/c1-10-8-6-4-2-3-5-7-9/h6,8H,2-5,7H2,1H3. The second-order valence-corrected chi connectivity index (χ2v) is 2.94. The maximum Gasteiger partial charge on any atom is 0.0784 e. The summed E-state index contributed by atoms with van der Waals surface area (Å²) in [7, 11) is 1.68. The van der Waals surface area contributed by atoms with Crippen molar-refractivity contribution in [2.24, 2.45) is 0 Å². The van der Waals surface area contributed by atoms with Gasteiger partial charge in [0.25, 0.3) is 0 Å². The summed E-state index contributed by atoms with van der Waals surface area (Å²) in [6, 6.07) is 0. The lowest BCUT2D eigenvalue weighted by atomic mass is 10.2. The molecule has 0 amide bonds. The lowest BCUT2D eigenvalue weighted by Crippen LogP contribution is -1.76. The molecule has 0 spiro atoms. The number of hydrogen-bond donors (Lipinski definition) is 0. The maximum atomic E-state index is 4.76. The number of hydrogen-bond acceptors (Lipinski definition) is 1. The Morgan fingerprint density at radius 3 is 2.70 bits per heavy atom. The van der Waals surface area contributed by atoms with Crippen molar-refractivity contribution < 1.29 is 4.74 Å². The molecule has 0 rings (SSSR count). The number of ether oxygens (including phenoxy) is 1. The van der Waals surface area contributed by atoms with E-state index in [0.29, 0.717) is 0 Å². The molecule has 0 aromatic rings. The van der Waals surface area contributed by atoms with Crippen molar-refractivity contribution in [3.05, 3.63) is 12.3 Å². The van der Waals surface area contributed by atoms with E-state index in [1.807, 2.05) is 0 Å². The van der Waals surface area contributed by atoms with Gasteiger partial charge in [0, 0.05) is 5.33 Å². The summed E-state index contributed by atoms with van der Waals surface area (Å²) in [5.74, 6) is 0. The molecular weight excluding hydrogens is 192 g/mol. The maximum absolute atomic E-state index is 4.76. The van der Waals surface area contributed by atoms with E-state index in [0.717, 1.165) is 11.8 Å².